The number of methoxy groups -OCH3 is 1. The molecule has 0 radical (unpaired) electrons. The number of esters is 1. The van der Waals surface area contributed by atoms with E-state index in [0.29, 0.717) is 18.7 Å². The predicted octanol–water partition coefficient (Wildman–Crippen LogP) is 2.53. The molecule has 1 N–H and O–H groups in total. The summed E-state index contributed by atoms with van der Waals surface area (Å²) in [5, 5.41) is 2.80. The number of hydrogen-bond acceptors (Lipinski definition) is 4. The minimum atomic E-state index is -0.165. The van der Waals surface area contributed by atoms with Gasteiger partial charge in [0, 0.05) is 19.0 Å². The van der Waals surface area contributed by atoms with Crippen LogP contribution in [-0.4, -0.2) is 25.5 Å². The van der Waals surface area contributed by atoms with Crippen LogP contribution in [0.1, 0.15) is 37.9 Å². The van der Waals surface area contributed by atoms with E-state index in [1.807, 2.05) is 0 Å². The van der Waals surface area contributed by atoms with Crippen molar-refractivity contribution in [1.29, 1.82) is 0 Å². The summed E-state index contributed by atoms with van der Waals surface area (Å²) < 4.78 is 9.63. The van der Waals surface area contributed by atoms with Gasteiger partial charge in [0.2, 0.25) is 5.91 Å². The second-order valence-corrected chi connectivity index (χ2v) is 4.38. The molecule has 5 nitrogen and oxygen atoms in total. The Kier molecular flexibility index (Phi) is 7.87. The van der Waals surface area contributed by atoms with Crippen LogP contribution in [0.4, 0.5) is 0 Å². The van der Waals surface area contributed by atoms with E-state index in [9.17, 15) is 9.59 Å². The van der Waals surface area contributed by atoms with Gasteiger partial charge in [-0.1, -0.05) is 12.8 Å². The molecule has 1 rings (SSSR count). The van der Waals surface area contributed by atoms with Crippen molar-refractivity contribution in [2.75, 3.05) is 13.7 Å². The average Bonchev–Trinajstić information content (AvgIpc) is 2.97. The summed E-state index contributed by atoms with van der Waals surface area (Å²) in [5.41, 5.74) is 0. The normalized spacial score (nSPS) is 10.7. The summed E-state index contributed by atoms with van der Waals surface area (Å²) in [6.45, 7) is 0.638. The monoisotopic (exact) mass is 279 g/mol. The van der Waals surface area contributed by atoms with Crippen LogP contribution in [0.2, 0.25) is 0 Å². The Hall–Kier alpha value is -2.04. The Morgan fingerprint density at radius 2 is 2.10 bits per heavy atom. The van der Waals surface area contributed by atoms with Crippen molar-refractivity contribution in [3.63, 3.8) is 0 Å². The summed E-state index contributed by atoms with van der Waals surface area (Å²) in [5.74, 6) is 0.361. The lowest BCUT2D eigenvalue weighted by molar-refractivity contribution is -0.140. The van der Waals surface area contributed by atoms with Crippen molar-refractivity contribution in [1.82, 2.24) is 5.32 Å². The van der Waals surface area contributed by atoms with E-state index in [2.05, 4.69) is 10.1 Å². The zero-order valence-electron chi connectivity index (χ0n) is 11.8. The quantitative estimate of drug-likeness (QED) is 0.428. The Balaban J connectivity index is 1.98. The highest BCUT2D eigenvalue weighted by atomic mass is 16.5. The summed E-state index contributed by atoms with van der Waals surface area (Å²) in [6.07, 6.45) is 8.80. The minimum Gasteiger partial charge on any atom is -0.469 e. The zero-order chi connectivity index (χ0) is 14.6. The van der Waals surface area contributed by atoms with Crippen molar-refractivity contribution in [2.24, 2.45) is 0 Å². The predicted molar refractivity (Wildman–Crippen MR) is 75.9 cm³/mol. The molecular formula is C15H21NO4. The van der Waals surface area contributed by atoms with Gasteiger partial charge in [0.15, 0.2) is 0 Å². The van der Waals surface area contributed by atoms with E-state index in [1.54, 1.807) is 24.5 Å². The fourth-order valence-electron chi connectivity index (χ4n) is 1.66. The average molecular weight is 279 g/mol. The molecule has 0 saturated heterocycles. The molecule has 1 aromatic heterocycles. The van der Waals surface area contributed by atoms with E-state index < -0.39 is 0 Å². The molecule has 1 heterocycles. The van der Waals surface area contributed by atoms with Gasteiger partial charge in [-0.05, 0) is 31.1 Å². The SMILES string of the molecule is COC(=O)CCCCCCNC(=O)/C=C/c1ccco1. The number of rotatable bonds is 9. The van der Waals surface area contributed by atoms with Gasteiger partial charge >= 0.3 is 5.97 Å². The molecule has 0 aliphatic carbocycles. The third-order valence-corrected chi connectivity index (χ3v) is 2.78. The number of carbonyl (C=O) groups is 2. The van der Waals surface area contributed by atoms with E-state index >= 15 is 0 Å². The first-order chi connectivity index (χ1) is 9.72. The molecule has 0 spiro atoms. The number of furan rings is 1. The molecule has 0 saturated carbocycles. The first kappa shape index (κ1) is 16.0. The van der Waals surface area contributed by atoms with Gasteiger partial charge < -0.3 is 14.5 Å². The van der Waals surface area contributed by atoms with E-state index in [1.165, 1.54) is 13.2 Å². The topological polar surface area (TPSA) is 68.5 Å². The Labute approximate surface area is 119 Å². The van der Waals surface area contributed by atoms with Crippen LogP contribution in [0.25, 0.3) is 6.08 Å². The smallest absolute Gasteiger partial charge is 0.305 e. The molecule has 0 atom stereocenters. The summed E-state index contributed by atoms with van der Waals surface area (Å²) in [4.78, 5) is 22.3. The van der Waals surface area contributed by atoms with Crippen molar-refractivity contribution < 1.29 is 18.7 Å². The van der Waals surface area contributed by atoms with Gasteiger partial charge in [-0.3, -0.25) is 9.59 Å². The highest BCUT2D eigenvalue weighted by molar-refractivity contribution is 5.91. The van der Waals surface area contributed by atoms with Crippen LogP contribution < -0.4 is 5.32 Å². The third kappa shape index (κ3) is 7.41. The Morgan fingerprint density at radius 1 is 1.30 bits per heavy atom. The van der Waals surface area contributed by atoms with Gasteiger partial charge in [0.05, 0.1) is 13.4 Å². The number of carbonyl (C=O) groups excluding carboxylic acids is 2. The van der Waals surface area contributed by atoms with Crippen molar-refractivity contribution >= 4 is 18.0 Å². The number of nitrogens with one attached hydrogen (secondary N) is 1. The molecule has 20 heavy (non-hydrogen) atoms. The lowest BCUT2D eigenvalue weighted by Crippen LogP contribution is -2.21. The van der Waals surface area contributed by atoms with Crippen LogP contribution in [0.15, 0.2) is 28.9 Å². The van der Waals surface area contributed by atoms with Gasteiger partial charge in [0.25, 0.3) is 0 Å². The van der Waals surface area contributed by atoms with E-state index in [4.69, 9.17) is 4.42 Å². The van der Waals surface area contributed by atoms with Crippen molar-refractivity contribution in [2.45, 2.75) is 32.1 Å². The fourth-order valence-corrected chi connectivity index (χ4v) is 1.66. The molecule has 1 amide bonds. The largest absolute Gasteiger partial charge is 0.469 e. The van der Waals surface area contributed by atoms with Gasteiger partial charge in [-0.2, -0.15) is 0 Å². The molecule has 0 bridgehead atoms. The second kappa shape index (κ2) is 9.83. The van der Waals surface area contributed by atoms with Gasteiger partial charge in [0.1, 0.15) is 5.76 Å². The number of ether oxygens (including phenoxy) is 1. The molecular weight excluding hydrogens is 258 g/mol. The molecule has 5 heteroatoms. The molecule has 1 aromatic rings. The molecule has 0 aromatic carbocycles. The molecule has 0 aliphatic rings. The van der Waals surface area contributed by atoms with Crippen molar-refractivity contribution in [3.8, 4) is 0 Å². The van der Waals surface area contributed by atoms with Crippen molar-refractivity contribution in [3.05, 3.63) is 30.2 Å². The molecule has 0 unspecified atom stereocenters. The second-order valence-electron chi connectivity index (χ2n) is 4.38. The summed E-state index contributed by atoms with van der Waals surface area (Å²) in [6, 6.07) is 3.55. The Bertz CT molecular complexity index is 423. The lowest BCUT2D eigenvalue weighted by atomic mass is 10.1. The maximum atomic E-state index is 11.5. The van der Waals surface area contributed by atoms with Crippen LogP contribution >= 0.6 is 0 Å². The van der Waals surface area contributed by atoms with E-state index in [-0.39, 0.29) is 11.9 Å². The zero-order valence-corrected chi connectivity index (χ0v) is 11.8. The Morgan fingerprint density at radius 3 is 2.80 bits per heavy atom. The molecule has 0 aliphatic heterocycles. The maximum absolute atomic E-state index is 11.5. The highest BCUT2D eigenvalue weighted by Gasteiger charge is 1.99. The van der Waals surface area contributed by atoms with Gasteiger partial charge in [-0.15, -0.1) is 0 Å². The molecule has 0 fully saturated rings. The minimum absolute atomic E-state index is 0.129. The summed E-state index contributed by atoms with van der Waals surface area (Å²) >= 11 is 0. The first-order valence-electron chi connectivity index (χ1n) is 6.78. The van der Waals surface area contributed by atoms with Crippen LogP contribution in [0.3, 0.4) is 0 Å². The number of amides is 1. The maximum Gasteiger partial charge on any atom is 0.305 e. The van der Waals surface area contributed by atoms with E-state index in [0.717, 1.165) is 25.7 Å². The number of hydrogen-bond donors (Lipinski definition) is 1. The van der Waals surface area contributed by atoms with Crippen LogP contribution in [-0.2, 0) is 14.3 Å². The number of unbranched alkanes of at least 4 members (excludes halogenated alkanes) is 3. The van der Waals surface area contributed by atoms with Gasteiger partial charge in [-0.25, -0.2) is 0 Å². The lowest BCUT2D eigenvalue weighted by Gasteiger charge is -2.02. The summed E-state index contributed by atoms with van der Waals surface area (Å²) in [7, 11) is 1.40. The van der Waals surface area contributed by atoms with Crippen LogP contribution in [0.5, 0.6) is 0 Å². The first-order valence-corrected chi connectivity index (χ1v) is 6.78. The highest BCUT2D eigenvalue weighted by Crippen LogP contribution is 2.04. The third-order valence-electron chi connectivity index (χ3n) is 2.78. The van der Waals surface area contributed by atoms with Crippen LogP contribution in [0, 0.1) is 0 Å². The fraction of sp³-hybridized carbons (Fsp3) is 0.467. The standard InChI is InChI=1S/C15H21NO4/c1-19-15(18)8-4-2-3-5-11-16-14(17)10-9-13-7-6-12-20-13/h6-7,9-10,12H,2-5,8,11H2,1H3,(H,16,17)/b10-9+. The molecule has 110 valence electrons.